The van der Waals surface area contributed by atoms with Crippen LogP contribution in [0.3, 0.4) is 0 Å². The molecule has 2 N–H and O–H groups in total. The van der Waals surface area contributed by atoms with Crippen LogP contribution in [0.2, 0.25) is 0 Å². The molecule has 2 aromatic carbocycles. The van der Waals surface area contributed by atoms with Gasteiger partial charge in [-0.2, -0.15) is 0 Å². The SMILES string of the molecule is COc1ccc(COc2cc(C)c(C(=O)O)c(O)c2C)cc1. The fraction of sp³-hybridized carbons (Fsp3) is 0.235. The van der Waals surface area contributed by atoms with E-state index in [1.54, 1.807) is 27.0 Å². The highest BCUT2D eigenvalue weighted by molar-refractivity contribution is 5.93. The predicted octanol–water partition coefficient (Wildman–Crippen LogP) is 3.29. The molecule has 0 aromatic heterocycles. The third kappa shape index (κ3) is 3.14. The molecule has 0 saturated heterocycles. The minimum atomic E-state index is -1.15. The van der Waals surface area contributed by atoms with Crippen molar-refractivity contribution in [3.63, 3.8) is 0 Å². The Kier molecular flexibility index (Phi) is 4.56. The highest BCUT2D eigenvalue weighted by Gasteiger charge is 2.18. The average Bonchev–Trinajstić information content (AvgIpc) is 2.49. The lowest BCUT2D eigenvalue weighted by Crippen LogP contribution is -2.04. The number of benzene rings is 2. The number of aromatic hydroxyl groups is 1. The Balaban J connectivity index is 2.21. The zero-order valence-electron chi connectivity index (χ0n) is 12.7. The molecule has 2 rings (SSSR count). The van der Waals surface area contributed by atoms with Gasteiger partial charge in [-0.15, -0.1) is 0 Å². The second-order valence-corrected chi connectivity index (χ2v) is 4.98. The molecule has 0 radical (unpaired) electrons. The maximum atomic E-state index is 11.1. The molecule has 0 aliphatic rings. The average molecular weight is 302 g/mol. The van der Waals surface area contributed by atoms with Crippen molar-refractivity contribution in [3.8, 4) is 17.2 Å². The molecule has 0 spiro atoms. The Morgan fingerprint density at radius 3 is 2.36 bits per heavy atom. The molecule has 22 heavy (non-hydrogen) atoms. The van der Waals surface area contributed by atoms with Gasteiger partial charge in [0, 0.05) is 5.56 Å². The molecule has 0 bridgehead atoms. The Bertz CT molecular complexity index is 689. The number of hydrogen-bond acceptors (Lipinski definition) is 4. The van der Waals surface area contributed by atoms with E-state index in [1.165, 1.54) is 0 Å². The summed E-state index contributed by atoms with van der Waals surface area (Å²) < 4.78 is 10.8. The van der Waals surface area contributed by atoms with Crippen LogP contribution in [-0.2, 0) is 6.61 Å². The van der Waals surface area contributed by atoms with Crippen molar-refractivity contribution in [2.24, 2.45) is 0 Å². The standard InChI is InChI=1S/C17H18O5/c1-10-8-14(11(2)16(18)15(10)17(19)20)22-9-12-4-6-13(21-3)7-5-12/h4-8,18H,9H2,1-3H3,(H,19,20). The summed E-state index contributed by atoms with van der Waals surface area (Å²) in [6.07, 6.45) is 0. The number of hydrogen-bond donors (Lipinski definition) is 2. The molecular formula is C17H18O5. The van der Waals surface area contributed by atoms with Crippen LogP contribution in [0.5, 0.6) is 17.2 Å². The van der Waals surface area contributed by atoms with E-state index in [4.69, 9.17) is 14.6 Å². The van der Waals surface area contributed by atoms with Gasteiger partial charge >= 0.3 is 5.97 Å². The number of rotatable bonds is 5. The Morgan fingerprint density at radius 2 is 1.82 bits per heavy atom. The summed E-state index contributed by atoms with van der Waals surface area (Å²) in [7, 11) is 1.60. The summed E-state index contributed by atoms with van der Waals surface area (Å²) >= 11 is 0. The van der Waals surface area contributed by atoms with Crippen LogP contribution >= 0.6 is 0 Å². The van der Waals surface area contributed by atoms with E-state index in [0.29, 0.717) is 23.5 Å². The molecule has 0 unspecified atom stereocenters. The fourth-order valence-electron chi connectivity index (χ4n) is 2.17. The fourth-order valence-corrected chi connectivity index (χ4v) is 2.17. The van der Waals surface area contributed by atoms with Crippen LogP contribution in [0, 0.1) is 13.8 Å². The maximum Gasteiger partial charge on any atom is 0.339 e. The third-order valence-electron chi connectivity index (χ3n) is 3.47. The molecule has 0 atom stereocenters. The quantitative estimate of drug-likeness (QED) is 0.886. The summed E-state index contributed by atoms with van der Waals surface area (Å²) in [6, 6.07) is 9.06. The Morgan fingerprint density at radius 1 is 1.18 bits per heavy atom. The van der Waals surface area contributed by atoms with Crippen molar-refractivity contribution in [1.82, 2.24) is 0 Å². The largest absolute Gasteiger partial charge is 0.507 e. The number of aromatic carboxylic acids is 1. The van der Waals surface area contributed by atoms with Gasteiger partial charge in [0.2, 0.25) is 0 Å². The number of carbonyl (C=O) groups is 1. The molecule has 0 aliphatic heterocycles. The predicted molar refractivity (Wildman–Crippen MR) is 81.9 cm³/mol. The van der Waals surface area contributed by atoms with E-state index in [9.17, 15) is 9.90 Å². The molecule has 0 amide bonds. The lowest BCUT2D eigenvalue weighted by molar-refractivity contribution is 0.0692. The van der Waals surface area contributed by atoms with Crippen LogP contribution in [0.25, 0.3) is 0 Å². The molecular weight excluding hydrogens is 284 g/mol. The Labute approximate surface area is 128 Å². The van der Waals surface area contributed by atoms with Crippen molar-refractivity contribution in [1.29, 1.82) is 0 Å². The number of ether oxygens (including phenoxy) is 2. The van der Waals surface area contributed by atoms with Crippen molar-refractivity contribution < 1.29 is 24.5 Å². The molecule has 0 saturated carbocycles. The Hall–Kier alpha value is -2.69. The van der Waals surface area contributed by atoms with Crippen LogP contribution in [0.4, 0.5) is 0 Å². The molecule has 2 aromatic rings. The first kappa shape index (κ1) is 15.7. The normalized spacial score (nSPS) is 10.3. The first-order valence-electron chi connectivity index (χ1n) is 6.76. The monoisotopic (exact) mass is 302 g/mol. The maximum absolute atomic E-state index is 11.1. The van der Waals surface area contributed by atoms with Crippen molar-refractivity contribution in [3.05, 3.63) is 52.6 Å². The summed E-state index contributed by atoms with van der Waals surface area (Å²) in [5.41, 5.74) is 1.73. The number of methoxy groups -OCH3 is 1. The van der Waals surface area contributed by atoms with E-state index in [2.05, 4.69) is 0 Å². The van der Waals surface area contributed by atoms with Gasteiger partial charge in [-0.05, 0) is 43.2 Å². The van der Waals surface area contributed by atoms with Gasteiger partial charge < -0.3 is 19.7 Å². The lowest BCUT2D eigenvalue weighted by Gasteiger charge is -2.14. The second kappa shape index (κ2) is 6.39. The van der Waals surface area contributed by atoms with Crippen molar-refractivity contribution >= 4 is 5.97 Å². The van der Waals surface area contributed by atoms with Gasteiger partial charge in [-0.25, -0.2) is 4.79 Å². The highest BCUT2D eigenvalue weighted by Crippen LogP contribution is 2.33. The first-order chi connectivity index (χ1) is 10.4. The highest BCUT2D eigenvalue weighted by atomic mass is 16.5. The zero-order valence-corrected chi connectivity index (χ0v) is 12.7. The van der Waals surface area contributed by atoms with E-state index in [-0.39, 0.29) is 11.3 Å². The van der Waals surface area contributed by atoms with Gasteiger partial charge in [-0.3, -0.25) is 0 Å². The summed E-state index contributed by atoms with van der Waals surface area (Å²) in [4.78, 5) is 11.1. The van der Waals surface area contributed by atoms with Crippen LogP contribution in [0.1, 0.15) is 27.0 Å². The third-order valence-corrected chi connectivity index (χ3v) is 3.47. The smallest absolute Gasteiger partial charge is 0.339 e. The number of phenols is 1. The number of aryl methyl sites for hydroxylation is 1. The second-order valence-electron chi connectivity index (χ2n) is 4.98. The summed E-state index contributed by atoms with van der Waals surface area (Å²) in [5, 5.41) is 19.1. The zero-order chi connectivity index (χ0) is 16.3. The van der Waals surface area contributed by atoms with Gasteiger partial charge in [0.15, 0.2) is 0 Å². The topological polar surface area (TPSA) is 76.0 Å². The van der Waals surface area contributed by atoms with Crippen molar-refractivity contribution in [2.45, 2.75) is 20.5 Å². The molecule has 116 valence electrons. The molecule has 5 nitrogen and oxygen atoms in total. The minimum Gasteiger partial charge on any atom is -0.507 e. The molecule has 0 fully saturated rings. The van der Waals surface area contributed by atoms with E-state index >= 15 is 0 Å². The van der Waals surface area contributed by atoms with Gasteiger partial charge in [0.05, 0.1) is 7.11 Å². The lowest BCUT2D eigenvalue weighted by atomic mass is 10.0. The molecule has 0 heterocycles. The molecule has 0 aliphatic carbocycles. The van der Waals surface area contributed by atoms with E-state index in [1.807, 2.05) is 24.3 Å². The molecule has 5 heteroatoms. The number of carboxylic acids is 1. The summed E-state index contributed by atoms with van der Waals surface area (Å²) in [6.45, 7) is 3.57. The van der Waals surface area contributed by atoms with Gasteiger partial charge in [0.25, 0.3) is 0 Å². The van der Waals surface area contributed by atoms with Gasteiger partial charge in [0.1, 0.15) is 29.4 Å². The number of carboxylic acid groups (broad SMARTS) is 1. The van der Waals surface area contributed by atoms with E-state index < -0.39 is 5.97 Å². The van der Waals surface area contributed by atoms with Crippen LogP contribution in [-0.4, -0.2) is 23.3 Å². The van der Waals surface area contributed by atoms with Crippen LogP contribution in [0.15, 0.2) is 30.3 Å². The minimum absolute atomic E-state index is 0.0886. The van der Waals surface area contributed by atoms with E-state index in [0.717, 1.165) is 11.3 Å². The van der Waals surface area contributed by atoms with Gasteiger partial charge in [-0.1, -0.05) is 12.1 Å². The first-order valence-corrected chi connectivity index (χ1v) is 6.76. The summed E-state index contributed by atoms with van der Waals surface area (Å²) in [5.74, 6) is -0.174. The van der Waals surface area contributed by atoms with Crippen molar-refractivity contribution in [2.75, 3.05) is 7.11 Å². The van der Waals surface area contributed by atoms with Crippen LogP contribution < -0.4 is 9.47 Å².